The standard InChI is InChI=1S/C13H6Br2ClNO/c14-8-4-5-13(11(16)6-8)18-12-3-1-2-10(15)9(12)7-17/h1-6H. The maximum atomic E-state index is 9.09. The van der Waals surface area contributed by atoms with Crippen LogP contribution in [-0.2, 0) is 0 Å². The Bertz CT molecular complexity index is 637. The smallest absolute Gasteiger partial charge is 0.146 e. The molecule has 0 heterocycles. The van der Waals surface area contributed by atoms with Crippen LogP contribution in [0, 0.1) is 11.3 Å². The molecular formula is C13H6Br2ClNO. The Kier molecular flexibility index (Phi) is 4.28. The van der Waals surface area contributed by atoms with Crippen molar-refractivity contribution in [3.05, 3.63) is 55.9 Å². The van der Waals surface area contributed by atoms with E-state index >= 15 is 0 Å². The highest BCUT2D eigenvalue weighted by Gasteiger charge is 2.10. The van der Waals surface area contributed by atoms with Crippen molar-refractivity contribution in [2.45, 2.75) is 0 Å². The Balaban J connectivity index is 2.41. The molecule has 2 rings (SSSR count). The molecule has 0 aromatic heterocycles. The van der Waals surface area contributed by atoms with E-state index in [1.807, 2.05) is 6.07 Å². The van der Waals surface area contributed by atoms with E-state index < -0.39 is 0 Å². The van der Waals surface area contributed by atoms with Crippen LogP contribution in [0.1, 0.15) is 5.56 Å². The van der Waals surface area contributed by atoms with Crippen LogP contribution in [0.2, 0.25) is 5.02 Å². The first-order valence-electron chi connectivity index (χ1n) is 4.93. The molecule has 18 heavy (non-hydrogen) atoms. The molecule has 0 radical (unpaired) electrons. The summed E-state index contributed by atoms with van der Waals surface area (Å²) in [7, 11) is 0. The molecule has 2 nitrogen and oxygen atoms in total. The maximum Gasteiger partial charge on any atom is 0.146 e. The Labute approximate surface area is 126 Å². The van der Waals surface area contributed by atoms with Crippen LogP contribution in [0.15, 0.2) is 45.3 Å². The normalized spacial score (nSPS) is 9.89. The molecule has 0 saturated heterocycles. The monoisotopic (exact) mass is 385 g/mol. The highest BCUT2D eigenvalue weighted by molar-refractivity contribution is 9.10. The summed E-state index contributed by atoms with van der Waals surface area (Å²) in [5.41, 5.74) is 0.441. The van der Waals surface area contributed by atoms with Crippen LogP contribution < -0.4 is 4.74 Å². The molecule has 0 aliphatic heterocycles. The summed E-state index contributed by atoms with van der Waals surface area (Å²) >= 11 is 12.7. The molecule has 0 saturated carbocycles. The van der Waals surface area contributed by atoms with E-state index in [1.165, 1.54) is 0 Å². The lowest BCUT2D eigenvalue weighted by Gasteiger charge is -2.09. The van der Waals surface area contributed by atoms with Crippen molar-refractivity contribution in [3.8, 4) is 17.6 Å². The van der Waals surface area contributed by atoms with E-state index in [1.54, 1.807) is 30.3 Å². The topological polar surface area (TPSA) is 33.0 Å². The minimum absolute atomic E-state index is 0.441. The lowest BCUT2D eigenvalue weighted by atomic mass is 10.2. The highest BCUT2D eigenvalue weighted by atomic mass is 79.9. The zero-order valence-corrected chi connectivity index (χ0v) is 12.9. The molecule has 0 amide bonds. The van der Waals surface area contributed by atoms with E-state index in [2.05, 4.69) is 37.9 Å². The first-order valence-corrected chi connectivity index (χ1v) is 6.89. The van der Waals surface area contributed by atoms with Gasteiger partial charge < -0.3 is 4.74 Å². The summed E-state index contributed by atoms with van der Waals surface area (Å²) in [4.78, 5) is 0. The maximum absolute atomic E-state index is 9.09. The van der Waals surface area contributed by atoms with Gasteiger partial charge in [0.1, 0.15) is 23.1 Å². The number of hydrogen-bond donors (Lipinski definition) is 0. The van der Waals surface area contributed by atoms with Gasteiger partial charge >= 0.3 is 0 Å². The predicted octanol–water partition coefficient (Wildman–Crippen LogP) is 5.53. The molecule has 0 aliphatic carbocycles. The van der Waals surface area contributed by atoms with Gasteiger partial charge in [-0.15, -0.1) is 0 Å². The summed E-state index contributed by atoms with van der Waals surface area (Å²) in [6.45, 7) is 0. The summed E-state index contributed by atoms with van der Waals surface area (Å²) in [6, 6.07) is 12.7. The summed E-state index contributed by atoms with van der Waals surface area (Å²) < 4.78 is 7.22. The zero-order chi connectivity index (χ0) is 13.1. The van der Waals surface area contributed by atoms with Gasteiger partial charge in [0.2, 0.25) is 0 Å². The van der Waals surface area contributed by atoms with Crippen molar-refractivity contribution in [2.24, 2.45) is 0 Å². The van der Waals surface area contributed by atoms with Gasteiger partial charge in [-0.2, -0.15) is 5.26 Å². The van der Waals surface area contributed by atoms with E-state index in [-0.39, 0.29) is 0 Å². The fourth-order valence-electron chi connectivity index (χ4n) is 1.37. The second-order valence-corrected chi connectivity index (χ2v) is 5.58. The van der Waals surface area contributed by atoms with Gasteiger partial charge in [-0.05, 0) is 46.3 Å². The van der Waals surface area contributed by atoms with Crippen LogP contribution in [0.4, 0.5) is 0 Å². The van der Waals surface area contributed by atoms with E-state index in [0.717, 1.165) is 4.47 Å². The van der Waals surface area contributed by atoms with Crippen molar-refractivity contribution in [2.75, 3.05) is 0 Å². The first-order chi connectivity index (χ1) is 8.61. The SMILES string of the molecule is N#Cc1c(Br)cccc1Oc1ccc(Br)cc1Cl. The van der Waals surface area contributed by atoms with E-state index in [0.29, 0.717) is 26.6 Å². The van der Waals surface area contributed by atoms with Crippen molar-refractivity contribution in [1.29, 1.82) is 5.26 Å². The second kappa shape index (κ2) is 5.75. The van der Waals surface area contributed by atoms with Crippen molar-refractivity contribution >= 4 is 43.5 Å². The predicted molar refractivity (Wildman–Crippen MR) is 78.1 cm³/mol. The van der Waals surface area contributed by atoms with Gasteiger partial charge in [0.05, 0.1) is 5.02 Å². The van der Waals surface area contributed by atoms with Crippen LogP contribution in [-0.4, -0.2) is 0 Å². The Morgan fingerprint density at radius 2 is 1.89 bits per heavy atom. The molecule has 0 fully saturated rings. The number of ether oxygens (including phenoxy) is 1. The fraction of sp³-hybridized carbons (Fsp3) is 0. The van der Waals surface area contributed by atoms with Gasteiger partial charge in [0.15, 0.2) is 0 Å². The van der Waals surface area contributed by atoms with Crippen LogP contribution in [0.5, 0.6) is 11.5 Å². The van der Waals surface area contributed by atoms with Gasteiger partial charge in [-0.25, -0.2) is 0 Å². The third-order valence-corrected chi connectivity index (χ3v) is 3.65. The Morgan fingerprint density at radius 1 is 1.11 bits per heavy atom. The number of benzene rings is 2. The molecule has 0 aliphatic rings. The number of rotatable bonds is 2. The van der Waals surface area contributed by atoms with Crippen molar-refractivity contribution in [3.63, 3.8) is 0 Å². The number of nitriles is 1. The third-order valence-electron chi connectivity index (χ3n) is 2.20. The van der Waals surface area contributed by atoms with E-state index in [4.69, 9.17) is 21.6 Å². The molecule has 0 N–H and O–H groups in total. The third kappa shape index (κ3) is 2.86. The fourth-order valence-corrected chi connectivity index (χ4v) is 2.52. The molecular weight excluding hydrogens is 381 g/mol. The lowest BCUT2D eigenvalue weighted by molar-refractivity contribution is 0.481. The summed E-state index contributed by atoms with van der Waals surface area (Å²) in [6.07, 6.45) is 0. The van der Waals surface area contributed by atoms with Crippen LogP contribution in [0.3, 0.4) is 0 Å². The Morgan fingerprint density at radius 3 is 2.56 bits per heavy atom. The van der Waals surface area contributed by atoms with Gasteiger partial charge in [-0.3, -0.25) is 0 Å². The summed E-state index contributed by atoms with van der Waals surface area (Å²) in [5, 5.41) is 9.57. The summed E-state index contributed by atoms with van der Waals surface area (Å²) in [5.74, 6) is 0.977. The van der Waals surface area contributed by atoms with Crippen molar-refractivity contribution < 1.29 is 4.74 Å². The lowest BCUT2D eigenvalue weighted by Crippen LogP contribution is -1.90. The van der Waals surface area contributed by atoms with Crippen molar-refractivity contribution in [1.82, 2.24) is 0 Å². The molecule has 90 valence electrons. The minimum Gasteiger partial charge on any atom is -0.454 e. The van der Waals surface area contributed by atoms with Gasteiger partial charge in [0.25, 0.3) is 0 Å². The average molecular weight is 387 g/mol. The number of halogens is 3. The molecule has 5 heteroatoms. The number of hydrogen-bond acceptors (Lipinski definition) is 2. The van der Waals surface area contributed by atoms with Gasteiger partial charge in [-0.1, -0.05) is 33.6 Å². The van der Waals surface area contributed by atoms with Crippen LogP contribution in [0.25, 0.3) is 0 Å². The van der Waals surface area contributed by atoms with E-state index in [9.17, 15) is 0 Å². The largest absolute Gasteiger partial charge is 0.454 e. The zero-order valence-electron chi connectivity index (χ0n) is 8.95. The first kappa shape index (κ1) is 13.4. The highest BCUT2D eigenvalue weighted by Crippen LogP contribution is 2.34. The van der Waals surface area contributed by atoms with Gasteiger partial charge in [0, 0.05) is 8.95 Å². The molecule has 0 spiro atoms. The number of nitrogens with zero attached hydrogens (tertiary/aromatic N) is 1. The quantitative estimate of drug-likeness (QED) is 0.679. The minimum atomic E-state index is 0.441. The molecule has 2 aromatic carbocycles. The second-order valence-electron chi connectivity index (χ2n) is 3.40. The molecule has 0 bridgehead atoms. The van der Waals surface area contributed by atoms with Crippen LogP contribution >= 0.6 is 43.5 Å². The molecule has 0 atom stereocenters. The molecule has 2 aromatic rings. The Hall–Kier alpha value is -1.02. The average Bonchev–Trinajstić information content (AvgIpc) is 2.33. The molecule has 0 unspecified atom stereocenters.